The lowest BCUT2D eigenvalue weighted by Crippen LogP contribution is -2.61. The van der Waals surface area contributed by atoms with Gasteiger partial charge in [0.15, 0.2) is 0 Å². The first-order chi connectivity index (χ1) is 17.4. The molecule has 0 aromatic rings. The number of carbonyl (C=O) groups excluding carboxylic acids is 5. The highest BCUT2D eigenvalue weighted by Gasteiger charge is 2.69. The molecule has 4 amide bonds. The molecular weight excluding hydrogens is 509 g/mol. The minimum absolute atomic E-state index is 0.0877. The van der Waals surface area contributed by atoms with Gasteiger partial charge in [-0.15, -0.1) is 0 Å². The van der Waals surface area contributed by atoms with Crippen molar-refractivity contribution in [3.63, 3.8) is 0 Å². The fourth-order valence-electron chi connectivity index (χ4n) is 5.81. The molecule has 3 rings (SSSR count). The van der Waals surface area contributed by atoms with E-state index in [0.717, 1.165) is 0 Å². The van der Waals surface area contributed by atoms with Crippen LogP contribution in [0.2, 0.25) is 0 Å². The van der Waals surface area contributed by atoms with Crippen LogP contribution in [0.25, 0.3) is 0 Å². The largest absolute Gasteiger partial charge is 0.471 e. The first kappa shape index (κ1) is 29.9. The SMILES string of the molecule is C[C@@H](OC(C)(C)C)[C@H](NC(=O)C(F)(F)F)C(=O)N1C[C@H]2[C@@H]([C@H]1C(=O)N[C@H](C=O)C[C@@H]1CCNC1=O)C2(C)C. The van der Waals surface area contributed by atoms with E-state index < -0.39 is 59.6 Å². The van der Waals surface area contributed by atoms with Gasteiger partial charge in [0, 0.05) is 19.0 Å². The number of likely N-dealkylation sites (tertiary alicyclic amines) is 1. The van der Waals surface area contributed by atoms with Crippen molar-refractivity contribution in [1.29, 1.82) is 0 Å². The number of aldehydes is 1. The maximum atomic E-state index is 13.7. The lowest BCUT2D eigenvalue weighted by Gasteiger charge is -2.36. The van der Waals surface area contributed by atoms with Gasteiger partial charge in [-0.3, -0.25) is 19.2 Å². The van der Waals surface area contributed by atoms with Crippen LogP contribution in [0.4, 0.5) is 13.2 Å². The second-order valence-corrected chi connectivity index (χ2v) is 12.0. The first-order valence-corrected chi connectivity index (χ1v) is 12.8. The molecule has 2 heterocycles. The van der Waals surface area contributed by atoms with Crippen molar-refractivity contribution in [2.75, 3.05) is 13.1 Å². The summed E-state index contributed by atoms with van der Waals surface area (Å²) < 4.78 is 45.0. The summed E-state index contributed by atoms with van der Waals surface area (Å²) in [5, 5.41) is 7.06. The van der Waals surface area contributed by atoms with Crippen molar-refractivity contribution >= 4 is 29.9 Å². The van der Waals surface area contributed by atoms with Crippen molar-refractivity contribution in [3.05, 3.63) is 0 Å². The summed E-state index contributed by atoms with van der Waals surface area (Å²) in [6, 6.07) is -3.74. The van der Waals surface area contributed by atoms with Crippen LogP contribution in [0, 0.1) is 23.2 Å². The van der Waals surface area contributed by atoms with Gasteiger partial charge in [-0.25, -0.2) is 0 Å². The van der Waals surface area contributed by atoms with Gasteiger partial charge in [0.1, 0.15) is 18.4 Å². The number of hydrogen-bond donors (Lipinski definition) is 3. The summed E-state index contributed by atoms with van der Waals surface area (Å²) in [6.45, 7) is 10.8. The van der Waals surface area contributed by atoms with Gasteiger partial charge in [0.25, 0.3) is 0 Å². The van der Waals surface area contributed by atoms with Crippen LogP contribution in [0.5, 0.6) is 0 Å². The Kier molecular flexibility index (Phi) is 8.22. The van der Waals surface area contributed by atoms with E-state index in [1.807, 2.05) is 13.8 Å². The number of carbonyl (C=O) groups is 5. The Morgan fingerprint density at radius 1 is 1.21 bits per heavy atom. The molecule has 0 radical (unpaired) electrons. The number of piperidine rings is 1. The van der Waals surface area contributed by atoms with E-state index in [1.54, 1.807) is 26.1 Å². The molecule has 0 bridgehead atoms. The minimum Gasteiger partial charge on any atom is -0.370 e. The molecule has 1 aliphatic carbocycles. The van der Waals surface area contributed by atoms with E-state index in [9.17, 15) is 37.1 Å². The number of ether oxygens (including phenoxy) is 1. The van der Waals surface area contributed by atoms with E-state index in [4.69, 9.17) is 4.74 Å². The third-order valence-corrected chi connectivity index (χ3v) is 7.77. The molecule has 7 atom stereocenters. The molecule has 1 saturated carbocycles. The van der Waals surface area contributed by atoms with Gasteiger partial charge in [-0.2, -0.15) is 13.2 Å². The Bertz CT molecular complexity index is 979. The summed E-state index contributed by atoms with van der Waals surface area (Å²) in [4.78, 5) is 63.8. The lowest BCUT2D eigenvalue weighted by molar-refractivity contribution is -0.177. The van der Waals surface area contributed by atoms with Crippen LogP contribution in [-0.4, -0.2) is 83.9 Å². The molecule has 13 heteroatoms. The molecule has 0 unspecified atom stereocenters. The predicted octanol–water partition coefficient (Wildman–Crippen LogP) is 0.930. The smallest absolute Gasteiger partial charge is 0.370 e. The van der Waals surface area contributed by atoms with Crippen molar-refractivity contribution in [2.45, 2.75) is 90.4 Å². The molecule has 0 aromatic carbocycles. The van der Waals surface area contributed by atoms with E-state index >= 15 is 0 Å². The molecule has 3 aliphatic rings. The molecule has 214 valence electrons. The Labute approximate surface area is 219 Å². The summed E-state index contributed by atoms with van der Waals surface area (Å²) >= 11 is 0. The number of nitrogens with zero attached hydrogens (tertiary/aromatic N) is 1. The summed E-state index contributed by atoms with van der Waals surface area (Å²) in [5.41, 5.74) is -1.14. The average Bonchev–Trinajstić information content (AvgIpc) is 3.14. The summed E-state index contributed by atoms with van der Waals surface area (Å²) in [6.07, 6.45) is -5.22. The third-order valence-electron chi connectivity index (χ3n) is 7.77. The standard InChI is InChI=1S/C25H37F3N4O6/c1-12(38-23(2,3)4)17(31-22(37)25(26,27)28)21(36)32-10-15-16(24(15,5)6)18(32)20(35)30-14(11-33)9-13-7-8-29-19(13)34/h11-18H,7-10H2,1-6H3,(H,29,34)(H,30,35)(H,31,37)/t12-,13+,14+,15+,16+,17+,18+/m1/s1. The van der Waals surface area contributed by atoms with Crippen LogP contribution in [0.3, 0.4) is 0 Å². The monoisotopic (exact) mass is 546 g/mol. The Morgan fingerprint density at radius 3 is 2.34 bits per heavy atom. The van der Waals surface area contributed by atoms with Gasteiger partial charge in [0.05, 0.1) is 17.7 Å². The molecule has 0 aromatic heterocycles. The van der Waals surface area contributed by atoms with Crippen LogP contribution in [-0.2, 0) is 28.7 Å². The van der Waals surface area contributed by atoms with Gasteiger partial charge in [-0.1, -0.05) is 13.8 Å². The van der Waals surface area contributed by atoms with E-state index in [1.165, 1.54) is 11.8 Å². The van der Waals surface area contributed by atoms with Gasteiger partial charge < -0.3 is 30.4 Å². The molecule has 0 spiro atoms. The Hall–Kier alpha value is -2.70. The average molecular weight is 547 g/mol. The van der Waals surface area contributed by atoms with Crippen LogP contribution in [0.15, 0.2) is 0 Å². The minimum atomic E-state index is -5.23. The maximum absolute atomic E-state index is 13.7. The highest BCUT2D eigenvalue weighted by molar-refractivity contribution is 5.95. The van der Waals surface area contributed by atoms with Crippen LogP contribution < -0.4 is 16.0 Å². The maximum Gasteiger partial charge on any atom is 0.471 e. The summed E-state index contributed by atoms with van der Waals surface area (Å²) in [5.74, 6) is -4.81. The Morgan fingerprint density at radius 2 is 1.84 bits per heavy atom. The molecule has 3 N–H and O–H groups in total. The van der Waals surface area contributed by atoms with Crippen molar-refractivity contribution < 1.29 is 41.9 Å². The van der Waals surface area contributed by atoms with Crippen LogP contribution in [0.1, 0.15) is 54.4 Å². The topological polar surface area (TPSA) is 134 Å². The number of amides is 4. The molecule has 3 fully saturated rings. The molecule has 10 nitrogen and oxygen atoms in total. The van der Waals surface area contributed by atoms with Gasteiger partial charge in [-0.05, 0) is 57.8 Å². The molecule has 2 saturated heterocycles. The second-order valence-electron chi connectivity index (χ2n) is 12.0. The first-order valence-electron chi connectivity index (χ1n) is 12.8. The zero-order valence-electron chi connectivity index (χ0n) is 22.5. The second kappa shape index (κ2) is 10.5. The molecular formula is C25H37F3N4O6. The number of hydrogen-bond acceptors (Lipinski definition) is 6. The lowest BCUT2D eigenvalue weighted by atomic mass is 9.97. The number of fused-ring (bicyclic) bond motifs is 1. The Balaban J connectivity index is 1.83. The van der Waals surface area contributed by atoms with Gasteiger partial charge in [0.2, 0.25) is 17.7 Å². The van der Waals surface area contributed by atoms with Crippen molar-refractivity contribution in [2.24, 2.45) is 23.2 Å². The zero-order valence-corrected chi connectivity index (χ0v) is 22.5. The fraction of sp³-hybridized carbons (Fsp3) is 0.800. The highest BCUT2D eigenvalue weighted by Crippen LogP contribution is 2.65. The molecule has 38 heavy (non-hydrogen) atoms. The number of nitrogens with one attached hydrogen (secondary N) is 3. The van der Waals surface area contributed by atoms with E-state index in [2.05, 4.69) is 10.6 Å². The van der Waals surface area contributed by atoms with E-state index in [0.29, 0.717) is 19.3 Å². The van der Waals surface area contributed by atoms with Crippen LogP contribution >= 0.6 is 0 Å². The predicted molar refractivity (Wildman–Crippen MR) is 128 cm³/mol. The normalized spacial score (nSPS) is 28.6. The van der Waals surface area contributed by atoms with Crippen molar-refractivity contribution in [3.8, 4) is 0 Å². The van der Waals surface area contributed by atoms with E-state index in [-0.39, 0.29) is 36.1 Å². The fourth-order valence-corrected chi connectivity index (χ4v) is 5.81. The zero-order chi connectivity index (χ0) is 28.8. The number of alkyl halides is 3. The number of halogens is 3. The van der Waals surface area contributed by atoms with Crippen molar-refractivity contribution in [1.82, 2.24) is 20.9 Å². The van der Waals surface area contributed by atoms with Gasteiger partial charge >= 0.3 is 12.1 Å². The summed E-state index contributed by atoms with van der Waals surface area (Å²) in [7, 11) is 0. The third kappa shape index (κ3) is 6.29. The molecule has 2 aliphatic heterocycles. The quantitative estimate of drug-likeness (QED) is 0.369. The highest BCUT2D eigenvalue weighted by atomic mass is 19.4. The number of rotatable bonds is 9.